The molecule has 0 atom stereocenters. The number of thiol groups is 1. The zero-order valence-corrected chi connectivity index (χ0v) is 10.1. The Balaban J connectivity index is -0.0000000569. The van der Waals surface area contributed by atoms with E-state index in [1.807, 2.05) is 0 Å². The van der Waals surface area contributed by atoms with Gasteiger partial charge in [-0.05, 0) is 24.6 Å². The molecule has 0 heterocycles. The van der Waals surface area contributed by atoms with E-state index in [1.165, 1.54) is 24.3 Å². The van der Waals surface area contributed by atoms with Crippen molar-refractivity contribution in [1.82, 2.24) is 0 Å². The SMILES string of the molecule is CCC[SH+]CCC.[Mg+2].[O-][B][O-].[OH-]. The Labute approximate surface area is 96.1 Å². The van der Waals surface area contributed by atoms with Gasteiger partial charge in [0.1, 0.15) is 11.5 Å². The summed E-state index contributed by atoms with van der Waals surface area (Å²) in [5, 5.41) is 16.5. The van der Waals surface area contributed by atoms with Crippen LogP contribution in [0.5, 0.6) is 0 Å². The van der Waals surface area contributed by atoms with E-state index in [9.17, 15) is 0 Å². The van der Waals surface area contributed by atoms with Crippen LogP contribution < -0.4 is 10.0 Å². The molecule has 0 saturated heterocycles. The second kappa shape index (κ2) is 29.6. The van der Waals surface area contributed by atoms with E-state index < -0.39 is 7.69 Å². The summed E-state index contributed by atoms with van der Waals surface area (Å²) in [4.78, 5) is 0. The van der Waals surface area contributed by atoms with Crippen molar-refractivity contribution < 1.29 is 15.5 Å². The van der Waals surface area contributed by atoms with Gasteiger partial charge in [0.15, 0.2) is 0 Å². The molecule has 0 aromatic carbocycles. The first-order chi connectivity index (χ1) is 4.83. The first kappa shape index (κ1) is 23.1. The van der Waals surface area contributed by atoms with Crippen LogP contribution >= 0.6 is 0 Å². The van der Waals surface area contributed by atoms with Crippen LogP contribution in [-0.2, 0) is 11.8 Å². The largest absolute Gasteiger partial charge is 2.00 e. The second-order valence-electron chi connectivity index (χ2n) is 1.77. The maximum atomic E-state index is 8.25. The van der Waals surface area contributed by atoms with E-state index in [0.717, 1.165) is 0 Å². The predicted octanol–water partition coefficient (Wildman–Crippen LogP) is -1.70. The minimum Gasteiger partial charge on any atom is -0.900 e. The molecule has 0 saturated carbocycles. The van der Waals surface area contributed by atoms with Gasteiger partial charge in [0.25, 0.3) is 0 Å². The third-order valence-electron chi connectivity index (χ3n) is 0.763. The first-order valence-electron chi connectivity index (χ1n) is 3.52. The maximum Gasteiger partial charge on any atom is 2.00 e. The summed E-state index contributed by atoms with van der Waals surface area (Å²) < 4.78 is 0. The fraction of sp³-hybridized carbons (Fsp3) is 1.00. The summed E-state index contributed by atoms with van der Waals surface area (Å²) in [7, 11) is -0.500. The molecule has 1 radical (unpaired) electrons. The Kier molecular flexibility index (Phi) is 57.1. The van der Waals surface area contributed by atoms with Gasteiger partial charge in [-0.15, -0.1) is 0 Å². The van der Waals surface area contributed by atoms with Crippen LogP contribution in [-0.4, -0.2) is 47.7 Å². The third kappa shape index (κ3) is 43.7. The van der Waals surface area contributed by atoms with Crippen molar-refractivity contribution in [2.45, 2.75) is 26.7 Å². The van der Waals surface area contributed by atoms with Crippen LogP contribution in [0.15, 0.2) is 0 Å². The van der Waals surface area contributed by atoms with Gasteiger partial charge in [-0.25, -0.2) is 7.69 Å². The van der Waals surface area contributed by atoms with Gasteiger partial charge in [0.2, 0.25) is 0 Å². The smallest absolute Gasteiger partial charge is 0.900 e. The van der Waals surface area contributed by atoms with Gasteiger partial charge in [-0.3, -0.25) is 0 Å². The minimum absolute atomic E-state index is 0. The fourth-order valence-electron chi connectivity index (χ4n) is 0.428. The van der Waals surface area contributed by atoms with Crippen molar-refractivity contribution >= 4 is 42.5 Å². The van der Waals surface area contributed by atoms with E-state index in [-0.39, 0.29) is 28.5 Å². The van der Waals surface area contributed by atoms with E-state index in [1.54, 1.807) is 11.8 Å². The number of rotatable bonds is 4. The summed E-state index contributed by atoms with van der Waals surface area (Å²) in [6.45, 7) is 4.48. The van der Waals surface area contributed by atoms with Crippen LogP contribution in [0.1, 0.15) is 26.7 Å². The molecule has 6 heteroatoms. The summed E-state index contributed by atoms with van der Waals surface area (Å²) in [6.07, 6.45) is 2.70. The van der Waals surface area contributed by atoms with Crippen molar-refractivity contribution in [2.75, 3.05) is 11.5 Å². The molecule has 12 heavy (non-hydrogen) atoms. The van der Waals surface area contributed by atoms with E-state index in [2.05, 4.69) is 13.8 Å². The van der Waals surface area contributed by atoms with Crippen molar-refractivity contribution in [2.24, 2.45) is 0 Å². The Hall–Kier alpha value is 1.06. The van der Waals surface area contributed by atoms with Crippen LogP contribution in [0.4, 0.5) is 0 Å². The van der Waals surface area contributed by atoms with E-state index in [0.29, 0.717) is 0 Å². The molecule has 3 nitrogen and oxygen atoms in total. The van der Waals surface area contributed by atoms with Crippen LogP contribution in [0.3, 0.4) is 0 Å². The molecule has 0 bridgehead atoms. The Morgan fingerprint density at radius 2 is 1.33 bits per heavy atom. The monoisotopic (exact) mass is 203 g/mol. The molecular weight excluding hydrogens is 187 g/mol. The van der Waals surface area contributed by atoms with E-state index in [4.69, 9.17) is 10.0 Å². The number of hydrogen-bond donors (Lipinski definition) is 0. The molecule has 1 N–H and O–H groups in total. The first-order valence-corrected chi connectivity index (χ1v) is 4.78. The second-order valence-corrected chi connectivity index (χ2v) is 3.11. The molecule has 0 amide bonds. The van der Waals surface area contributed by atoms with Gasteiger partial charge in [-0.1, -0.05) is 13.8 Å². The quantitative estimate of drug-likeness (QED) is 0.237. The average Bonchev–Trinajstić information content (AvgIpc) is 1.91. The molecule has 0 aliphatic carbocycles. The fourth-order valence-corrected chi connectivity index (χ4v) is 1.28. The molecule has 0 rings (SSSR count). The molecule has 0 fully saturated rings. The third-order valence-corrected chi connectivity index (χ3v) is 2.29. The maximum absolute atomic E-state index is 8.25. The van der Waals surface area contributed by atoms with Crippen molar-refractivity contribution in [3.05, 3.63) is 0 Å². The van der Waals surface area contributed by atoms with Gasteiger partial charge in [-0.2, -0.15) is 0 Å². The summed E-state index contributed by atoms with van der Waals surface area (Å²) in [5.41, 5.74) is 0. The van der Waals surface area contributed by atoms with E-state index >= 15 is 0 Å². The minimum atomic E-state index is -0.500. The number of hydrogen-bond acceptors (Lipinski definition) is 3. The molecular formula is C6H16BMgO3S. The van der Waals surface area contributed by atoms with Gasteiger partial charge in [0.05, 0.1) is 0 Å². The molecule has 0 spiro atoms. The van der Waals surface area contributed by atoms with Crippen LogP contribution in [0.25, 0.3) is 0 Å². The summed E-state index contributed by atoms with van der Waals surface area (Å²) in [6, 6.07) is 0. The predicted molar refractivity (Wildman–Crippen MR) is 52.5 cm³/mol. The average molecular weight is 203 g/mol. The summed E-state index contributed by atoms with van der Waals surface area (Å²) in [5.74, 6) is 2.79. The van der Waals surface area contributed by atoms with Crippen LogP contribution in [0.2, 0.25) is 0 Å². The van der Waals surface area contributed by atoms with Crippen molar-refractivity contribution in [3.8, 4) is 0 Å². The Morgan fingerprint density at radius 3 is 1.50 bits per heavy atom. The topological polar surface area (TPSA) is 76.1 Å². The molecule has 0 unspecified atom stereocenters. The normalized spacial score (nSPS) is 6.67. The zero-order valence-electron chi connectivity index (χ0n) is 7.82. The molecule has 0 aliphatic rings. The Morgan fingerprint density at radius 1 is 1.08 bits per heavy atom. The van der Waals surface area contributed by atoms with Crippen LogP contribution in [0, 0.1) is 0 Å². The molecule has 0 aromatic heterocycles. The molecule has 0 aromatic rings. The van der Waals surface area contributed by atoms with Gasteiger partial charge >= 0.3 is 23.1 Å². The summed E-state index contributed by atoms with van der Waals surface area (Å²) >= 11 is 1.64. The van der Waals surface area contributed by atoms with Gasteiger partial charge in [0, 0.05) is 0 Å². The molecule has 69 valence electrons. The van der Waals surface area contributed by atoms with Crippen molar-refractivity contribution in [1.29, 1.82) is 0 Å². The zero-order chi connectivity index (χ0) is 8.24. The standard InChI is InChI=1S/C6H14S.BO2.Mg.H2O/c1-3-5-7-6-4-2;2-1-3;;/h3-6H2,1-2H3;;;1H2/q;-2;+2;. The van der Waals surface area contributed by atoms with Crippen molar-refractivity contribution in [3.63, 3.8) is 0 Å². The van der Waals surface area contributed by atoms with Gasteiger partial charge < -0.3 is 15.5 Å². The molecule has 0 aliphatic heterocycles. The Bertz CT molecular complexity index is 49.8.